The molecule has 1 aromatic heterocycles. The van der Waals surface area contributed by atoms with Gasteiger partial charge in [-0.25, -0.2) is 4.98 Å². The van der Waals surface area contributed by atoms with Crippen LogP contribution >= 0.6 is 0 Å². The summed E-state index contributed by atoms with van der Waals surface area (Å²) in [4.78, 5) is 3.91. The fraction of sp³-hybridized carbons (Fsp3) is 0.625. The third kappa shape index (κ3) is 2.51. The van der Waals surface area contributed by atoms with E-state index < -0.39 is 6.10 Å². The van der Waals surface area contributed by atoms with Crippen molar-refractivity contribution in [2.75, 3.05) is 13.1 Å². The highest BCUT2D eigenvalue weighted by molar-refractivity contribution is 4.84. The molecular weight excluding hydrogens is 168 g/mol. The van der Waals surface area contributed by atoms with E-state index in [1.54, 1.807) is 18.7 Å². The second-order valence-electron chi connectivity index (χ2n) is 2.96. The van der Waals surface area contributed by atoms with Crippen LogP contribution in [-0.4, -0.2) is 33.9 Å². The zero-order valence-electron chi connectivity index (χ0n) is 7.50. The lowest BCUT2D eigenvalue weighted by molar-refractivity contribution is 0.116. The van der Waals surface area contributed by atoms with Gasteiger partial charge in [-0.05, 0) is 13.0 Å². The SMILES string of the molecule is NCCC(C(O)CN)n1ccnc1. The highest BCUT2D eigenvalue weighted by atomic mass is 16.3. The molecule has 0 bridgehead atoms. The van der Waals surface area contributed by atoms with Crippen molar-refractivity contribution < 1.29 is 5.11 Å². The van der Waals surface area contributed by atoms with E-state index in [1.165, 1.54) is 0 Å². The van der Waals surface area contributed by atoms with Gasteiger partial charge in [-0.1, -0.05) is 0 Å². The summed E-state index contributed by atoms with van der Waals surface area (Å²) in [6.45, 7) is 0.767. The van der Waals surface area contributed by atoms with Gasteiger partial charge in [0.25, 0.3) is 0 Å². The van der Waals surface area contributed by atoms with Crippen LogP contribution in [0, 0.1) is 0 Å². The molecule has 1 heterocycles. The molecule has 0 amide bonds. The average Bonchev–Trinajstić information content (AvgIpc) is 2.65. The van der Waals surface area contributed by atoms with E-state index in [9.17, 15) is 5.11 Å². The van der Waals surface area contributed by atoms with Crippen LogP contribution in [0.5, 0.6) is 0 Å². The molecule has 5 nitrogen and oxygen atoms in total. The van der Waals surface area contributed by atoms with Crippen molar-refractivity contribution in [3.8, 4) is 0 Å². The Morgan fingerprint density at radius 2 is 2.23 bits per heavy atom. The molecule has 0 fully saturated rings. The van der Waals surface area contributed by atoms with E-state index in [-0.39, 0.29) is 12.6 Å². The van der Waals surface area contributed by atoms with Gasteiger partial charge >= 0.3 is 0 Å². The summed E-state index contributed by atoms with van der Waals surface area (Å²) in [5.41, 5.74) is 10.8. The highest BCUT2D eigenvalue weighted by Gasteiger charge is 2.17. The number of imidazole rings is 1. The first kappa shape index (κ1) is 10.2. The molecular formula is C8H16N4O. The molecule has 2 unspecified atom stereocenters. The Morgan fingerprint density at radius 3 is 2.69 bits per heavy atom. The topological polar surface area (TPSA) is 90.1 Å². The molecule has 5 heteroatoms. The van der Waals surface area contributed by atoms with Gasteiger partial charge in [0.05, 0.1) is 18.5 Å². The predicted molar refractivity (Wildman–Crippen MR) is 50.0 cm³/mol. The molecule has 74 valence electrons. The monoisotopic (exact) mass is 184 g/mol. The Balaban J connectivity index is 2.68. The van der Waals surface area contributed by atoms with Crippen LogP contribution in [0.2, 0.25) is 0 Å². The smallest absolute Gasteiger partial charge is 0.0949 e. The van der Waals surface area contributed by atoms with Gasteiger partial charge in [0, 0.05) is 18.9 Å². The molecule has 0 saturated carbocycles. The molecule has 0 aromatic carbocycles. The first-order valence-electron chi connectivity index (χ1n) is 4.35. The molecule has 0 aliphatic heterocycles. The summed E-state index contributed by atoms with van der Waals surface area (Å²) in [5.74, 6) is 0. The van der Waals surface area contributed by atoms with Crippen LogP contribution in [0.4, 0.5) is 0 Å². The Morgan fingerprint density at radius 1 is 1.46 bits per heavy atom. The molecule has 0 saturated heterocycles. The maximum atomic E-state index is 9.59. The second kappa shape index (κ2) is 4.96. The minimum absolute atomic E-state index is 0.0579. The molecule has 0 aliphatic rings. The van der Waals surface area contributed by atoms with Crippen LogP contribution in [-0.2, 0) is 0 Å². The standard InChI is InChI=1S/C8H16N4O/c9-2-1-7(8(13)5-10)12-4-3-11-6-12/h3-4,6-8,13H,1-2,5,9-10H2. The predicted octanol–water partition coefficient (Wildman–Crippen LogP) is -0.907. The lowest BCUT2D eigenvalue weighted by atomic mass is 10.1. The zero-order valence-corrected chi connectivity index (χ0v) is 7.50. The number of nitrogens with zero attached hydrogens (tertiary/aromatic N) is 2. The van der Waals surface area contributed by atoms with Crippen LogP contribution in [0.15, 0.2) is 18.7 Å². The summed E-state index contributed by atoms with van der Waals surface area (Å²) in [5, 5.41) is 9.59. The lowest BCUT2D eigenvalue weighted by Gasteiger charge is -2.22. The van der Waals surface area contributed by atoms with Crippen LogP contribution < -0.4 is 11.5 Å². The lowest BCUT2D eigenvalue weighted by Crippen LogP contribution is -2.32. The summed E-state index contributed by atoms with van der Waals surface area (Å²) < 4.78 is 1.84. The Kier molecular flexibility index (Phi) is 3.88. The Labute approximate surface area is 77.4 Å². The summed E-state index contributed by atoms with van der Waals surface area (Å²) in [6, 6.07) is -0.0579. The van der Waals surface area contributed by atoms with E-state index in [0.29, 0.717) is 13.0 Å². The van der Waals surface area contributed by atoms with Crippen molar-refractivity contribution in [2.24, 2.45) is 11.5 Å². The van der Waals surface area contributed by atoms with Gasteiger partial charge in [-0.2, -0.15) is 0 Å². The van der Waals surface area contributed by atoms with E-state index in [4.69, 9.17) is 11.5 Å². The van der Waals surface area contributed by atoms with Gasteiger partial charge in [0.2, 0.25) is 0 Å². The largest absolute Gasteiger partial charge is 0.390 e. The quantitative estimate of drug-likeness (QED) is 0.552. The molecule has 13 heavy (non-hydrogen) atoms. The van der Waals surface area contributed by atoms with Gasteiger partial charge in [0.15, 0.2) is 0 Å². The first-order valence-corrected chi connectivity index (χ1v) is 4.35. The zero-order chi connectivity index (χ0) is 9.68. The third-order valence-electron chi connectivity index (χ3n) is 2.06. The van der Waals surface area contributed by atoms with Gasteiger partial charge in [-0.3, -0.25) is 0 Å². The molecule has 1 aromatic rings. The maximum absolute atomic E-state index is 9.59. The normalized spacial score (nSPS) is 15.6. The van der Waals surface area contributed by atoms with E-state index in [0.717, 1.165) is 0 Å². The minimum atomic E-state index is -0.558. The average molecular weight is 184 g/mol. The van der Waals surface area contributed by atoms with E-state index in [1.807, 2.05) is 4.57 Å². The van der Waals surface area contributed by atoms with Crippen molar-refractivity contribution in [2.45, 2.75) is 18.6 Å². The highest BCUT2D eigenvalue weighted by Crippen LogP contribution is 2.14. The molecule has 0 aliphatic carbocycles. The van der Waals surface area contributed by atoms with Gasteiger partial charge in [0.1, 0.15) is 0 Å². The number of aromatic nitrogens is 2. The molecule has 0 spiro atoms. The van der Waals surface area contributed by atoms with Crippen molar-refractivity contribution in [1.29, 1.82) is 0 Å². The van der Waals surface area contributed by atoms with Gasteiger partial charge < -0.3 is 21.1 Å². The minimum Gasteiger partial charge on any atom is -0.390 e. The van der Waals surface area contributed by atoms with Crippen LogP contribution in [0.1, 0.15) is 12.5 Å². The number of aliphatic hydroxyl groups is 1. The van der Waals surface area contributed by atoms with Gasteiger partial charge in [-0.15, -0.1) is 0 Å². The van der Waals surface area contributed by atoms with E-state index in [2.05, 4.69) is 4.98 Å². The fourth-order valence-corrected chi connectivity index (χ4v) is 1.33. The molecule has 2 atom stereocenters. The number of hydrogen-bond acceptors (Lipinski definition) is 4. The molecule has 0 radical (unpaired) electrons. The second-order valence-corrected chi connectivity index (χ2v) is 2.96. The Hall–Kier alpha value is -0.910. The first-order chi connectivity index (χ1) is 6.29. The van der Waals surface area contributed by atoms with Crippen molar-refractivity contribution >= 4 is 0 Å². The van der Waals surface area contributed by atoms with Crippen molar-refractivity contribution in [1.82, 2.24) is 9.55 Å². The molecule has 5 N–H and O–H groups in total. The fourth-order valence-electron chi connectivity index (χ4n) is 1.33. The van der Waals surface area contributed by atoms with Crippen molar-refractivity contribution in [3.63, 3.8) is 0 Å². The number of aliphatic hydroxyl groups excluding tert-OH is 1. The Bertz CT molecular complexity index is 224. The summed E-state index contributed by atoms with van der Waals surface area (Å²) in [7, 11) is 0. The van der Waals surface area contributed by atoms with Crippen molar-refractivity contribution in [3.05, 3.63) is 18.7 Å². The van der Waals surface area contributed by atoms with Crippen LogP contribution in [0.25, 0.3) is 0 Å². The summed E-state index contributed by atoms with van der Waals surface area (Å²) in [6.07, 6.45) is 5.29. The number of nitrogens with two attached hydrogens (primary N) is 2. The number of rotatable bonds is 5. The van der Waals surface area contributed by atoms with E-state index >= 15 is 0 Å². The number of hydrogen-bond donors (Lipinski definition) is 3. The summed E-state index contributed by atoms with van der Waals surface area (Å²) >= 11 is 0. The van der Waals surface area contributed by atoms with Crippen LogP contribution in [0.3, 0.4) is 0 Å². The third-order valence-corrected chi connectivity index (χ3v) is 2.06. The molecule has 1 rings (SSSR count). The maximum Gasteiger partial charge on any atom is 0.0949 e.